The number of hydrogen-bond donors (Lipinski definition) is 1. The normalized spacial score (nSPS) is 10.2. The van der Waals surface area contributed by atoms with Crippen LogP contribution in [-0.2, 0) is 9.53 Å². The molecule has 1 aromatic carbocycles. The minimum absolute atomic E-state index is 0.103. The van der Waals surface area contributed by atoms with E-state index in [1.807, 2.05) is 24.9 Å². The lowest BCUT2D eigenvalue weighted by Gasteiger charge is -2.16. The molecule has 102 valence electrons. The number of carbonyl (C=O) groups is 1. The Morgan fingerprint density at radius 3 is 3.00 bits per heavy atom. The van der Waals surface area contributed by atoms with Gasteiger partial charge in [0.05, 0.1) is 24.8 Å². The van der Waals surface area contributed by atoms with Crippen LogP contribution in [0.4, 0.5) is 5.69 Å². The molecule has 5 heteroatoms. The summed E-state index contributed by atoms with van der Waals surface area (Å²) < 4.78 is 5.22. The van der Waals surface area contributed by atoms with E-state index in [0.29, 0.717) is 37.6 Å². The maximum atomic E-state index is 11.8. The Morgan fingerprint density at radius 1 is 1.53 bits per heavy atom. The summed E-state index contributed by atoms with van der Waals surface area (Å²) in [6, 6.07) is 8.89. The van der Waals surface area contributed by atoms with Gasteiger partial charge in [-0.05, 0) is 32.2 Å². The minimum atomic E-state index is -0.103. The molecule has 0 saturated heterocycles. The number of ether oxygens (including phenoxy) is 1. The molecule has 1 rings (SSSR count). The molecule has 0 aliphatic rings. The van der Waals surface area contributed by atoms with Gasteiger partial charge in [-0.1, -0.05) is 6.07 Å². The highest BCUT2D eigenvalue weighted by atomic mass is 16.5. The Balaban J connectivity index is 2.40. The molecule has 0 aliphatic heterocycles. The largest absolute Gasteiger partial charge is 0.380 e. The molecule has 0 radical (unpaired) electrons. The molecule has 0 bridgehead atoms. The van der Waals surface area contributed by atoms with E-state index >= 15 is 0 Å². The second-order valence-corrected chi connectivity index (χ2v) is 4.18. The molecule has 1 amide bonds. The molecule has 19 heavy (non-hydrogen) atoms. The number of likely N-dealkylation sites (N-methyl/N-ethyl adjacent to an activating group) is 1. The first kappa shape index (κ1) is 15.2. The van der Waals surface area contributed by atoms with Gasteiger partial charge in [0.1, 0.15) is 0 Å². The zero-order valence-corrected chi connectivity index (χ0v) is 11.3. The van der Waals surface area contributed by atoms with Crippen LogP contribution in [0.2, 0.25) is 0 Å². The summed E-state index contributed by atoms with van der Waals surface area (Å²) in [6.07, 6.45) is 0. The summed E-state index contributed by atoms with van der Waals surface area (Å²) in [7, 11) is 1.87. The molecule has 0 aliphatic carbocycles. The summed E-state index contributed by atoms with van der Waals surface area (Å²) in [5, 5.41) is 11.5. The van der Waals surface area contributed by atoms with Crippen LogP contribution < -0.4 is 5.32 Å². The topological polar surface area (TPSA) is 65.4 Å². The van der Waals surface area contributed by atoms with E-state index < -0.39 is 0 Å². The third-order valence-electron chi connectivity index (χ3n) is 2.51. The summed E-state index contributed by atoms with van der Waals surface area (Å²) in [5.74, 6) is -0.103. The first-order chi connectivity index (χ1) is 9.15. The van der Waals surface area contributed by atoms with Crippen molar-refractivity contribution in [3.05, 3.63) is 29.8 Å². The summed E-state index contributed by atoms with van der Waals surface area (Å²) in [5.41, 5.74) is 1.17. The molecule has 0 aromatic heterocycles. The molecular formula is C14H19N3O2. The van der Waals surface area contributed by atoms with Crippen LogP contribution in [0.1, 0.15) is 12.5 Å². The number of rotatable bonds is 7. The van der Waals surface area contributed by atoms with Crippen molar-refractivity contribution in [1.29, 1.82) is 5.26 Å². The Labute approximate surface area is 113 Å². The maximum Gasteiger partial charge on any atom is 0.238 e. The number of amides is 1. The van der Waals surface area contributed by atoms with Gasteiger partial charge in [0, 0.05) is 18.8 Å². The van der Waals surface area contributed by atoms with E-state index in [9.17, 15) is 4.79 Å². The van der Waals surface area contributed by atoms with Crippen LogP contribution in [-0.4, -0.2) is 44.2 Å². The van der Waals surface area contributed by atoms with Gasteiger partial charge in [-0.15, -0.1) is 0 Å². The third kappa shape index (κ3) is 6.00. The van der Waals surface area contributed by atoms with E-state index in [4.69, 9.17) is 10.00 Å². The van der Waals surface area contributed by atoms with E-state index in [-0.39, 0.29) is 5.91 Å². The molecule has 0 atom stereocenters. The molecule has 0 fully saturated rings. The predicted molar refractivity (Wildman–Crippen MR) is 73.8 cm³/mol. The van der Waals surface area contributed by atoms with Crippen molar-refractivity contribution in [3.63, 3.8) is 0 Å². The smallest absolute Gasteiger partial charge is 0.238 e. The van der Waals surface area contributed by atoms with Gasteiger partial charge in [0.15, 0.2) is 0 Å². The van der Waals surface area contributed by atoms with Gasteiger partial charge >= 0.3 is 0 Å². The van der Waals surface area contributed by atoms with Crippen LogP contribution in [0.5, 0.6) is 0 Å². The fourth-order valence-corrected chi connectivity index (χ4v) is 1.56. The van der Waals surface area contributed by atoms with Crippen molar-refractivity contribution in [2.24, 2.45) is 0 Å². The summed E-state index contributed by atoms with van der Waals surface area (Å²) in [4.78, 5) is 13.7. The zero-order valence-electron chi connectivity index (χ0n) is 11.3. The molecular weight excluding hydrogens is 242 g/mol. The lowest BCUT2D eigenvalue weighted by atomic mass is 10.2. The SMILES string of the molecule is CCOCCN(C)CC(=O)Nc1cccc(C#N)c1. The third-order valence-corrected chi connectivity index (χ3v) is 2.51. The van der Waals surface area contributed by atoms with Crippen LogP contribution in [0.25, 0.3) is 0 Å². The molecule has 1 aromatic rings. The maximum absolute atomic E-state index is 11.8. The lowest BCUT2D eigenvalue weighted by molar-refractivity contribution is -0.117. The second kappa shape index (κ2) is 8.25. The first-order valence-corrected chi connectivity index (χ1v) is 6.22. The van der Waals surface area contributed by atoms with Crippen LogP contribution in [0, 0.1) is 11.3 Å². The number of hydrogen-bond acceptors (Lipinski definition) is 4. The monoisotopic (exact) mass is 261 g/mol. The highest BCUT2D eigenvalue weighted by Crippen LogP contribution is 2.09. The van der Waals surface area contributed by atoms with Gasteiger partial charge in [0.25, 0.3) is 0 Å². The van der Waals surface area contributed by atoms with Gasteiger partial charge in [-0.2, -0.15) is 5.26 Å². The van der Waals surface area contributed by atoms with Crippen molar-refractivity contribution >= 4 is 11.6 Å². The van der Waals surface area contributed by atoms with Crippen molar-refractivity contribution in [3.8, 4) is 6.07 Å². The van der Waals surface area contributed by atoms with Crippen LogP contribution in [0.15, 0.2) is 24.3 Å². The predicted octanol–water partition coefficient (Wildman–Crippen LogP) is 1.47. The van der Waals surface area contributed by atoms with Crippen molar-refractivity contribution < 1.29 is 9.53 Å². The lowest BCUT2D eigenvalue weighted by Crippen LogP contribution is -2.32. The summed E-state index contributed by atoms with van der Waals surface area (Å²) in [6.45, 7) is 4.24. The van der Waals surface area contributed by atoms with Crippen LogP contribution >= 0.6 is 0 Å². The second-order valence-electron chi connectivity index (χ2n) is 4.18. The number of carbonyl (C=O) groups excluding carboxylic acids is 1. The summed E-state index contributed by atoms with van der Waals surface area (Å²) >= 11 is 0. The number of benzene rings is 1. The van der Waals surface area contributed by atoms with E-state index in [2.05, 4.69) is 5.32 Å². The van der Waals surface area contributed by atoms with Crippen LogP contribution in [0.3, 0.4) is 0 Å². The Bertz CT molecular complexity index is 454. The number of nitriles is 1. The average molecular weight is 261 g/mol. The molecule has 0 saturated carbocycles. The van der Waals surface area contributed by atoms with Crippen molar-refractivity contribution in [1.82, 2.24) is 4.90 Å². The average Bonchev–Trinajstić information content (AvgIpc) is 2.39. The Morgan fingerprint density at radius 2 is 2.32 bits per heavy atom. The first-order valence-electron chi connectivity index (χ1n) is 6.22. The fraction of sp³-hybridized carbons (Fsp3) is 0.429. The molecule has 1 N–H and O–H groups in total. The zero-order chi connectivity index (χ0) is 14.1. The Hall–Kier alpha value is -1.90. The van der Waals surface area contributed by atoms with Gasteiger partial charge < -0.3 is 10.1 Å². The van der Waals surface area contributed by atoms with Gasteiger partial charge in [-0.25, -0.2) is 0 Å². The molecule has 0 heterocycles. The van der Waals surface area contributed by atoms with Crippen molar-refractivity contribution in [2.75, 3.05) is 38.7 Å². The van der Waals surface area contributed by atoms with E-state index in [0.717, 1.165) is 0 Å². The highest BCUT2D eigenvalue weighted by Gasteiger charge is 2.07. The molecule has 5 nitrogen and oxygen atoms in total. The highest BCUT2D eigenvalue weighted by molar-refractivity contribution is 5.92. The fourth-order valence-electron chi connectivity index (χ4n) is 1.56. The quantitative estimate of drug-likeness (QED) is 0.755. The molecule has 0 spiro atoms. The number of nitrogens with one attached hydrogen (secondary N) is 1. The van der Waals surface area contributed by atoms with Gasteiger partial charge in [0.2, 0.25) is 5.91 Å². The standard InChI is InChI=1S/C14H19N3O2/c1-3-19-8-7-17(2)11-14(18)16-13-6-4-5-12(9-13)10-15/h4-6,9H,3,7-8,11H2,1-2H3,(H,16,18). The number of anilines is 1. The van der Waals surface area contributed by atoms with Gasteiger partial charge in [-0.3, -0.25) is 9.69 Å². The Kier molecular flexibility index (Phi) is 6.58. The minimum Gasteiger partial charge on any atom is -0.380 e. The van der Waals surface area contributed by atoms with Crippen molar-refractivity contribution in [2.45, 2.75) is 6.92 Å². The number of nitrogens with zero attached hydrogens (tertiary/aromatic N) is 2. The van der Waals surface area contributed by atoms with E-state index in [1.54, 1.807) is 24.3 Å². The molecule has 0 unspecified atom stereocenters. The van der Waals surface area contributed by atoms with E-state index in [1.165, 1.54) is 0 Å².